The molecule has 1 amide bonds. The Morgan fingerprint density at radius 2 is 2.08 bits per heavy atom. The van der Waals surface area contributed by atoms with Crippen LogP contribution < -0.4 is 4.74 Å². The van der Waals surface area contributed by atoms with E-state index in [9.17, 15) is 14.9 Å². The molecular weight excluding hydrogens is 360 g/mol. The van der Waals surface area contributed by atoms with Gasteiger partial charge in [-0.1, -0.05) is 11.6 Å². The number of halogens is 1. The largest absolute Gasteiger partial charge is 0.474 e. The second-order valence-electron chi connectivity index (χ2n) is 5.97. The number of hydrogen-bond donors (Lipinski definition) is 0. The van der Waals surface area contributed by atoms with Gasteiger partial charge >= 0.3 is 0 Å². The maximum absolute atomic E-state index is 12.7. The first-order valence-electron chi connectivity index (χ1n) is 8.13. The zero-order chi connectivity index (χ0) is 18.7. The summed E-state index contributed by atoms with van der Waals surface area (Å²) < 4.78 is 5.83. The van der Waals surface area contributed by atoms with Crippen LogP contribution in [0, 0.1) is 17.0 Å². The molecule has 2 heterocycles. The fraction of sp³-hybridized carbons (Fsp3) is 0.353. The van der Waals surface area contributed by atoms with Gasteiger partial charge in [0.25, 0.3) is 11.6 Å². The summed E-state index contributed by atoms with van der Waals surface area (Å²) in [6.45, 7) is 2.67. The van der Waals surface area contributed by atoms with Crippen molar-refractivity contribution >= 4 is 23.2 Å². The molecule has 26 heavy (non-hydrogen) atoms. The van der Waals surface area contributed by atoms with E-state index >= 15 is 0 Å². The van der Waals surface area contributed by atoms with Crippen molar-refractivity contribution in [1.82, 2.24) is 14.9 Å². The summed E-state index contributed by atoms with van der Waals surface area (Å²) in [6.07, 6.45) is 2.80. The van der Waals surface area contributed by atoms with Crippen molar-refractivity contribution in [1.29, 1.82) is 0 Å². The predicted molar refractivity (Wildman–Crippen MR) is 94.4 cm³/mol. The number of hydrogen-bond acceptors (Lipinski definition) is 6. The molecule has 1 aromatic carbocycles. The average Bonchev–Trinajstić information content (AvgIpc) is 2.61. The number of benzene rings is 1. The van der Waals surface area contributed by atoms with E-state index in [0.29, 0.717) is 37.6 Å². The van der Waals surface area contributed by atoms with E-state index in [-0.39, 0.29) is 22.4 Å². The Morgan fingerprint density at radius 1 is 1.35 bits per heavy atom. The number of nitro groups is 1. The molecule has 1 fully saturated rings. The van der Waals surface area contributed by atoms with Gasteiger partial charge in [0.1, 0.15) is 17.5 Å². The van der Waals surface area contributed by atoms with Crippen molar-refractivity contribution in [3.63, 3.8) is 0 Å². The number of carbonyl (C=O) groups is 1. The first-order chi connectivity index (χ1) is 12.4. The number of nitrogens with zero attached hydrogens (tertiary/aromatic N) is 4. The number of piperidine rings is 1. The first-order valence-corrected chi connectivity index (χ1v) is 8.51. The third-order valence-electron chi connectivity index (χ3n) is 4.15. The number of likely N-dealkylation sites (tertiary alicyclic amines) is 1. The summed E-state index contributed by atoms with van der Waals surface area (Å²) in [6, 6.07) is 5.69. The first kappa shape index (κ1) is 18.1. The van der Waals surface area contributed by atoms with Crippen LogP contribution in [0.1, 0.15) is 29.0 Å². The number of carbonyl (C=O) groups excluding carboxylic acids is 1. The van der Waals surface area contributed by atoms with Crippen molar-refractivity contribution < 1.29 is 14.5 Å². The van der Waals surface area contributed by atoms with Crippen LogP contribution in [0.5, 0.6) is 5.88 Å². The van der Waals surface area contributed by atoms with Gasteiger partial charge in [-0.2, -0.15) is 4.98 Å². The predicted octanol–water partition coefficient (Wildman–Crippen LogP) is 3.03. The molecule has 0 spiro atoms. The Kier molecular flexibility index (Phi) is 5.32. The fourth-order valence-corrected chi connectivity index (χ4v) is 3.03. The molecule has 9 heteroatoms. The lowest BCUT2D eigenvalue weighted by molar-refractivity contribution is -0.385. The van der Waals surface area contributed by atoms with Gasteiger partial charge < -0.3 is 9.64 Å². The minimum atomic E-state index is -0.573. The van der Waals surface area contributed by atoms with Gasteiger partial charge in [-0.05, 0) is 19.1 Å². The van der Waals surface area contributed by atoms with Crippen LogP contribution in [0.15, 0.2) is 30.5 Å². The summed E-state index contributed by atoms with van der Waals surface area (Å²) in [4.78, 5) is 33.1. The summed E-state index contributed by atoms with van der Waals surface area (Å²) in [5, 5.41) is 11.5. The fourth-order valence-electron chi connectivity index (χ4n) is 2.86. The Hall–Kier alpha value is -2.74. The lowest BCUT2D eigenvalue weighted by atomic mass is 10.1. The molecule has 2 aromatic rings. The Labute approximate surface area is 154 Å². The quantitative estimate of drug-likeness (QED) is 0.600. The third-order valence-corrected chi connectivity index (χ3v) is 4.39. The number of rotatable bonds is 4. The molecular formula is C17H17ClN4O4. The zero-order valence-electron chi connectivity index (χ0n) is 14.1. The molecule has 1 aliphatic heterocycles. The standard InChI is InChI=1S/C17H17ClN4O4/c1-11-19-7-4-16(20-11)26-13-5-8-21(9-6-13)17(23)14-10-12(18)2-3-15(14)22(24)25/h2-4,7,10,13H,5-6,8-9H2,1H3. The van der Waals surface area contributed by atoms with Gasteiger partial charge in [0.2, 0.25) is 5.88 Å². The van der Waals surface area contributed by atoms with E-state index in [1.54, 1.807) is 24.1 Å². The van der Waals surface area contributed by atoms with Crippen LogP contribution in [-0.4, -0.2) is 44.9 Å². The molecule has 0 radical (unpaired) electrons. The highest BCUT2D eigenvalue weighted by Gasteiger charge is 2.29. The van der Waals surface area contributed by atoms with E-state index in [4.69, 9.17) is 16.3 Å². The van der Waals surface area contributed by atoms with Gasteiger partial charge in [0.05, 0.1) is 4.92 Å². The monoisotopic (exact) mass is 376 g/mol. The Morgan fingerprint density at radius 3 is 2.73 bits per heavy atom. The molecule has 1 aromatic heterocycles. The Bertz CT molecular complexity index is 837. The van der Waals surface area contributed by atoms with E-state index in [0.717, 1.165) is 0 Å². The number of ether oxygens (including phenoxy) is 1. The summed E-state index contributed by atoms with van der Waals surface area (Å²) >= 11 is 5.91. The van der Waals surface area contributed by atoms with Gasteiger partial charge in [-0.3, -0.25) is 14.9 Å². The zero-order valence-corrected chi connectivity index (χ0v) is 14.8. The maximum atomic E-state index is 12.7. The smallest absolute Gasteiger partial charge is 0.282 e. The molecule has 136 valence electrons. The van der Waals surface area contributed by atoms with Crippen LogP contribution in [0.4, 0.5) is 5.69 Å². The molecule has 1 saturated heterocycles. The van der Waals surface area contributed by atoms with E-state index in [1.807, 2.05) is 0 Å². The molecule has 0 aliphatic carbocycles. The SMILES string of the molecule is Cc1nccc(OC2CCN(C(=O)c3cc(Cl)ccc3[N+](=O)[O-])CC2)n1. The lowest BCUT2D eigenvalue weighted by Gasteiger charge is -2.31. The van der Waals surface area contributed by atoms with Crippen molar-refractivity contribution in [3.8, 4) is 5.88 Å². The minimum absolute atomic E-state index is 0.00768. The summed E-state index contributed by atoms with van der Waals surface area (Å²) in [7, 11) is 0. The highest BCUT2D eigenvalue weighted by atomic mass is 35.5. The number of amides is 1. The third kappa shape index (κ3) is 4.08. The van der Waals surface area contributed by atoms with Crippen molar-refractivity contribution in [2.24, 2.45) is 0 Å². The summed E-state index contributed by atoms with van der Waals surface area (Å²) in [5.74, 6) is 0.742. The topological polar surface area (TPSA) is 98.5 Å². The molecule has 3 rings (SSSR count). The molecule has 0 unspecified atom stereocenters. The highest BCUT2D eigenvalue weighted by Crippen LogP contribution is 2.26. The van der Waals surface area contributed by atoms with E-state index < -0.39 is 10.8 Å². The second kappa shape index (κ2) is 7.65. The normalized spacial score (nSPS) is 14.9. The molecule has 1 aliphatic rings. The van der Waals surface area contributed by atoms with Crippen molar-refractivity contribution in [3.05, 3.63) is 57.0 Å². The average molecular weight is 377 g/mol. The van der Waals surface area contributed by atoms with Crippen molar-refractivity contribution in [2.45, 2.75) is 25.9 Å². The van der Waals surface area contributed by atoms with Gasteiger partial charge in [-0.25, -0.2) is 4.98 Å². The number of aromatic nitrogens is 2. The van der Waals surface area contributed by atoms with Gasteiger partial charge in [0, 0.05) is 49.3 Å². The van der Waals surface area contributed by atoms with Crippen LogP contribution in [0.2, 0.25) is 5.02 Å². The van der Waals surface area contributed by atoms with Crippen LogP contribution in [0.25, 0.3) is 0 Å². The van der Waals surface area contributed by atoms with Gasteiger partial charge in [-0.15, -0.1) is 0 Å². The molecule has 0 atom stereocenters. The van der Waals surface area contributed by atoms with Crippen LogP contribution >= 0.6 is 11.6 Å². The van der Waals surface area contributed by atoms with E-state index in [1.165, 1.54) is 18.2 Å². The number of nitro benzene ring substituents is 1. The molecule has 0 N–H and O–H groups in total. The minimum Gasteiger partial charge on any atom is -0.474 e. The highest BCUT2D eigenvalue weighted by molar-refractivity contribution is 6.31. The van der Waals surface area contributed by atoms with Crippen LogP contribution in [-0.2, 0) is 0 Å². The second-order valence-corrected chi connectivity index (χ2v) is 6.41. The van der Waals surface area contributed by atoms with Gasteiger partial charge in [0.15, 0.2) is 0 Å². The van der Waals surface area contributed by atoms with Crippen molar-refractivity contribution in [2.75, 3.05) is 13.1 Å². The number of aryl methyl sites for hydroxylation is 1. The van der Waals surface area contributed by atoms with Crippen LogP contribution in [0.3, 0.4) is 0 Å². The molecule has 8 nitrogen and oxygen atoms in total. The van der Waals surface area contributed by atoms with E-state index in [2.05, 4.69) is 9.97 Å². The molecule has 0 saturated carbocycles. The maximum Gasteiger partial charge on any atom is 0.282 e. The summed E-state index contributed by atoms with van der Waals surface area (Å²) in [5.41, 5.74) is -0.234. The lowest BCUT2D eigenvalue weighted by Crippen LogP contribution is -2.42. The molecule has 0 bridgehead atoms. The Balaban J connectivity index is 1.66.